The molecule has 1 saturated heterocycles. The van der Waals surface area contributed by atoms with E-state index in [2.05, 4.69) is 5.32 Å². The Morgan fingerprint density at radius 1 is 1.11 bits per heavy atom. The van der Waals surface area contributed by atoms with Gasteiger partial charge in [0, 0.05) is 31.3 Å². The summed E-state index contributed by atoms with van der Waals surface area (Å²) in [4.78, 5) is 26.5. The molecule has 0 unspecified atom stereocenters. The molecule has 2 fully saturated rings. The predicted molar refractivity (Wildman–Crippen MR) is 111 cm³/mol. The van der Waals surface area contributed by atoms with Crippen LogP contribution in [-0.4, -0.2) is 36.5 Å². The van der Waals surface area contributed by atoms with Crippen LogP contribution < -0.4 is 10.1 Å². The molecule has 0 atom stereocenters. The molecule has 5 nitrogen and oxygen atoms in total. The van der Waals surface area contributed by atoms with Crippen molar-refractivity contribution in [3.8, 4) is 5.75 Å². The summed E-state index contributed by atoms with van der Waals surface area (Å²) in [5.74, 6) is 1.07. The van der Waals surface area contributed by atoms with Gasteiger partial charge >= 0.3 is 6.09 Å². The van der Waals surface area contributed by atoms with Gasteiger partial charge in [-0.2, -0.15) is 0 Å². The van der Waals surface area contributed by atoms with E-state index in [-0.39, 0.29) is 5.91 Å². The minimum absolute atomic E-state index is 0.0213. The average Bonchev–Trinajstić information content (AvgIpc) is 2.73. The monoisotopic (exact) mass is 384 g/mol. The van der Waals surface area contributed by atoms with Gasteiger partial charge < -0.3 is 15.0 Å². The SMILES string of the molecule is Cc1ccc(/C=C/C(=O)N2CCCCC2)c(OC(=O)NCC2CCCCC2)c1. The Morgan fingerprint density at radius 3 is 2.57 bits per heavy atom. The zero-order chi connectivity index (χ0) is 19.8. The fraction of sp³-hybridized carbons (Fsp3) is 0.565. The zero-order valence-electron chi connectivity index (χ0n) is 16.9. The van der Waals surface area contributed by atoms with Crippen molar-refractivity contribution in [2.45, 2.75) is 58.3 Å². The van der Waals surface area contributed by atoms with Crippen LogP contribution in [0.2, 0.25) is 0 Å². The maximum Gasteiger partial charge on any atom is 0.412 e. The number of likely N-dealkylation sites (tertiary alicyclic amines) is 1. The van der Waals surface area contributed by atoms with Gasteiger partial charge in [0.2, 0.25) is 5.91 Å². The maximum atomic E-state index is 12.4. The van der Waals surface area contributed by atoms with Gasteiger partial charge in [0.1, 0.15) is 5.75 Å². The Hall–Kier alpha value is -2.30. The highest BCUT2D eigenvalue weighted by Gasteiger charge is 2.16. The first-order valence-corrected chi connectivity index (χ1v) is 10.6. The van der Waals surface area contributed by atoms with E-state index in [1.54, 1.807) is 12.2 Å². The zero-order valence-corrected chi connectivity index (χ0v) is 16.9. The molecule has 152 valence electrons. The number of rotatable bonds is 5. The Labute approximate surface area is 168 Å². The molecule has 28 heavy (non-hydrogen) atoms. The van der Waals surface area contributed by atoms with Crippen LogP contribution in [0, 0.1) is 12.8 Å². The highest BCUT2D eigenvalue weighted by Crippen LogP contribution is 2.24. The largest absolute Gasteiger partial charge is 0.412 e. The summed E-state index contributed by atoms with van der Waals surface area (Å²) in [5, 5.41) is 2.90. The molecule has 3 rings (SSSR count). The van der Waals surface area contributed by atoms with Crippen LogP contribution >= 0.6 is 0 Å². The van der Waals surface area contributed by atoms with Crippen LogP contribution in [0.5, 0.6) is 5.75 Å². The fourth-order valence-electron chi connectivity index (χ4n) is 4.00. The van der Waals surface area contributed by atoms with Crippen LogP contribution in [0.1, 0.15) is 62.5 Å². The van der Waals surface area contributed by atoms with E-state index in [1.165, 1.54) is 38.5 Å². The molecule has 0 aromatic heterocycles. The number of nitrogens with zero attached hydrogens (tertiary/aromatic N) is 1. The van der Waals surface area contributed by atoms with Crippen LogP contribution in [0.25, 0.3) is 6.08 Å². The van der Waals surface area contributed by atoms with E-state index in [9.17, 15) is 9.59 Å². The number of carbonyl (C=O) groups excluding carboxylic acids is 2. The second kappa shape index (κ2) is 10.3. The van der Waals surface area contributed by atoms with E-state index in [4.69, 9.17) is 4.74 Å². The minimum Gasteiger partial charge on any atom is -0.410 e. The van der Waals surface area contributed by atoms with E-state index >= 15 is 0 Å². The summed E-state index contributed by atoms with van der Waals surface area (Å²) < 4.78 is 5.57. The molecule has 1 aliphatic carbocycles. The van der Waals surface area contributed by atoms with Gasteiger partial charge in [-0.25, -0.2) is 4.79 Å². The molecular weight excluding hydrogens is 352 g/mol. The normalized spacial score (nSPS) is 18.2. The highest BCUT2D eigenvalue weighted by atomic mass is 16.6. The van der Waals surface area contributed by atoms with Crippen molar-refractivity contribution in [1.82, 2.24) is 10.2 Å². The molecule has 1 heterocycles. The first-order chi connectivity index (χ1) is 13.6. The standard InChI is InChI=1S/C23H32N2O3/c1-18-10-11-20(12-13-22(26)25-14-6-3-7-15-25)21(16-18)28-23(27)24-17-19-8-4-2-5-9-19/h10-13,16,19H,2-9,14-15,17H2,1H3,(H,24,27)/b13-12+. The predicted octanol–water partition coefficient (Wildman–Crippen LogP) is 4.69. The summed E-state index contributed by atoms with van der Waals surface area (Å²) in [6.07, 6.45) is 12.4. The highest BCUT2D eigenvalue weighted by molar-refractivity contribution is 5.92. The van der Waals surface area contributed by atoms with E-state index in [1.807, 2.05) is 30.0 Å². The Kier molecular flexibility index (Phi) is 7.52. The number of hydrogen-bond acceptors (Lipinski definition) is 3. The minimum atomic E-state index is -0.423. The van der Waals surface area contributed by atoms with Gasteiger partial charge in [0.15, 0.2) is 0 Å². The molecule has 0 bridgehead atoms. The molecular formula is C23H32N2O3. The lowest BCUT2D eigenvalue weighted by Crippen LogP contribution is -2.34. The first-order valence-electron chi connectivity index (χ1n) is 10.6. The first kappa shape index (κ1) is 20.4. The Balaban J connectivity index is 1.58. The number of benzene rings is 1. The van der Waals surface area contributed by atoms with Crippen molar-refractivity contribution in [2.75, 3.05) is 19.6 Å². The van der Waals surface area contributed by atoms with Gasteiger partial charge in [-0.15, -0.1) is 0 Å². The van der Waals surface area contributed by atoms with Crippen molar-refractivity contribution in [3.63, 3.8) is 0 Å². The van der Waals surface area contributed by atoms with Crippen LogP contribution in [0.3, 0.4) is 0 Å². The van der Waals surface area contributed by atoms with Crippen molar-refractivity contribution in [3.05, 3.63) is 35.4 Å². The summed E-state index contributed by atoms with van der Waals surface area (Å²) >= 11 is 0. The lowest BCUT2D eigenvalue weighted by Gasteiger charge is -2.25. The molecule has 1 aliphatic heterocycles. The lowest BCUT2D eigenvalue weighted by molar-refractivity contribution is -0.126. The number of ether oxygens (including phenoxy) is 1. The van der Waals surface area contributed by atoms with Crippen LogP contribution in [0.15, 0.2) is 24.3 Å². The molecule has 5 heteroatoms. The van der Waals surface area contributed by atoms with Crippen molar-refractivity contribution in [2.24, 2.45) is 5.92 Å². The number of hydrogen-bond donors (Lipinski definition) is 1. The molecule has 0 radical (unpaired) electrons. The number of amides is 2. The van der Waals surface area contributed by atoms with Gasteiger partial charge in [-0.3, -0.25) is 4.79 Å². The fourth-order valence-corrected chi connectivity index (χ4v) is 4.00. The smallest absolute Gasteiger partial charge is 0.410 e. The summed E-state index contributed by atoms with van der Waals surface area (Å²) in [5.41, 5.74) is 1.75. The summed E-state index contributed by atoms with van der Waals surface area (Å²) in [7, 11) is 0. The van der Waals surface area contributed by atoms with Gasteiger partial charge in [0.25, 0.3) is 0 Å². The summed E-state index contributed by atoms with van der Waals surface area (Å²) in [6, 6.07) is 5.68. The van der Waals surface area contributed by atoms with Gasteiger partial charge in [-0.05, 0) is 62.7 Å². The number of aryl methyl sites for hydroxylation is 1. The van der Waals surface area contributed by atoms with Crippen molar-refractivity contribution in [1.29, 1.82) is 0 Å². The van der Waals surface area contributed by atoms with E-state index in [0.29, 0.717) is 18.2 Å². The molecule has 0 spiro atoms. The topological polar surface area (TPSA) is 58.6 Å². The number of nitrogens with one attached hydrogen (secondary N) is 1. The van der Waals surface area contributed by atoms with E-state index in [0.717, 1.165) is 37.1 Å². The van der Waals surface area contributed by atoms with Gasteiger partial charge in [0.05, 0.1) is 0 Å². The molecule has 1 aromatic carbocycles. The third-order valence-corrected chi connectivity index (χ3v) is 5.70. The Morgan fingerprint density at radius 2 is 1.82 bits per heavy atom. The second-order valence-corrected chi connectivity index (χ2v) is 8.04. The molecule has 2 amide bonds. The van der Waals surface area contributed by atoms with Gasteiger partial charge in [-0.1, -0.05) is 31.4 Å². The number of piperidine rings is 1. The second-order valence-electron chi connectivity index (χ2n) is 8.04. The van der Waals surface area contributed by atoms with Crippen molar-refractivity contribution >= 4 is 18.1 Å². The van der Waals surface area contributed by atoms with E-state index < -0.39 is 6.09 Å². The van der Waals surface area contributed by atoms with Crippen LogP contribution in [0.4, 0.5) is 4.79 Å². The lowest BCUT2D eigenvalue weighted by atomic mass is 9.89. The molecule has 1 saturated carbocycles. The molecule has 1 N–H and O–H groups in total. The van der Waals surface area contributed by atoms with Crippen LogP contribution in [-0.2, 0) is 4.79 Å². The number of carbonyl (C=O) groups is 2. The maximum absolute atomic E-state index is 12.4. The Bertz CT molecular complexity index is 702. The van der Waals surface area contributed by atoms with Crippen molar-refractivity contribution < 1.29 is 14.3 Å². The average molecular weight is 385 g/mol. The third-order valence-electron chi connectivity index (χ3n) is 5.70. The molecule has 1 aromatic rings. The molecule has 2 aliphatic rings. The third kappa shape index (κ3) is 6.11. The quantitative estimate of drug-likeness (QED) is 0.749. The summed E-state index contributed by atoms with van der Waals surface area (Å²) in [6.45, 7) is 4.27.